The maximum atomic E-state index is 11.2. The van der Waals surface area contributed by atoms with Crippen LogP contribution in [-0.4, -0.2) is 5.78 Å². The van der Waals surface area contributed by atoms with E-state index in [4.69, 9.17) is 4.42 Å². The van der Waals surface area contributed by atoms with E-state index in [1.165, 1.54) is 0 Å². The van der Waals surface area contributed by atoms with Gasteiger partial charge in [0.05, 0.1) is 6.26 Å². The number of hydrogen-bond donors (Lipinski definition) is 0. The van der Waals surface area contributed by atoms with Gasteiger partial charge in [-0.2, -0.15) is 0 Å². The predicted octanol–water partition coefficient (Wildman–Crippen LogP) is 4.58. The SMILES string of the molecule is C=C(c1ccc(C(C)=O)cc1)c1ccoc1/C=C\C. The number of carbonyl (C=O) groups is 1. The van der Waals surface area contributed by atoms with E-state index in [2.05, 4.69) is 6.58 Å². The van der Waals surface area contributed by atoms with Crippen molar-refractivity contribution < 1.29 is 9.21 Å². The lowest BCUT2D eigenvalue weighted by Crippen LogP contribution is -1.92. The molecular weight excluding hydrogens is 236 g/mol. The molecule has 0 atom stereocenters. The van der Waals surface area contributed by atoms with Crippen LogP contribution in [0.2, 0.25) is 0 Å². The molecule has 0 amide bonds. The number of furan rings is 1. The molecule has 2 aromatic rings. The monoisotopic (exact) mass is 252 g/mol. The van der Waals surface area contributed by atoms with Crippen LogP contribution in [0.3, 0.4) is 0 Å². The second kappa shape index (κ2) is 5.53. The molecule has 1 aromatic carbocycles. The zero-order chi connectivity index (χ0) is 13.8. The van der Waals surface area contributed by atoms with Gasteiger partial charge in [-0.15, -0.1) is 0 Å². The third-order valence-corrected chi connectivity index (χ3v) is 2.98. The van der Waals surface area contributed by atoms with Gasteiger partial charge in [0, 0.05) is 11.1 Å². The summed E-state index contributed by atoms with van der Waals surface area (Å²) in [5, 5.41) is 0. The average molecular weight is 252 g/mol. The Kier molecular flexibility index (Phi) is 3.81. The lowest BCUT2D eigenvalue weighted by atomic mass is 9.98. The molecule has 2 rings (SSSR count). The summed E-state index contributed by atoms with van der Waals surface area (Å²) >= 11 is 0. The van der Waals surface area contributed by atoms with Gasteiger partial charge < -0.3 is 4.42 Å². The Morgan fingerprint density at radius 2 is 1.79 bits per heavy atom. The van der Waals surface area contributed by atoms with E-state index in [1.807, 2.05) is 49.4 Å². The Hall–Kier alpha value is -2.35. The number of hydrogen-bond acceptors (Lipinski definition) is 2. The van der Waals surface area contributed by atoms with Gasteiger partial charge in [0.1, 0.15) is 5.76 Å². The minimum Gasteiger partial charge on any atom is -0.464 e. The number of Topliss-reactive ketones (excluding diaryl/α,β-unsaturated/α-hetero) is 1. The topological polar surface area (TPSA) is 30.2 Å². The Bertz CT molecular complexity index is 628. The first-order valence-corrected chi connectivity index (χ1v) is 6.14. The minimum absolute atomic E-state index is 0.0649. The molecule has 0 fully saturated rings. The van der Waals surface area contributed by atoms with E-state index >= 15 is 0 Å². The van der Waals surface area contributed by atoms with Crippen molar-refractivity contribution in [3.63, 3.8) is 0 Å². The molecule has 0 unspecified atom stereocenters. The largest absolute Gasteiger partial charge is 0.464 e. The van der Waals surface area contributed by atoms with Crippen molar-refractivity contribution in [3.05, 3.63) is 71.7 Å². The van der Waals surface area contributed by atoms with Crippen LogP contribution in [0.25, 0.3) is 11.6 Å². The van der Waals surface area contributed by atoms with E-state index in [0.29, 0.717) is 5.56 Å². The first-order valence-electron chi connectivity index (χ1n) is 6.14. The molecule has 0 saturated carbocycles. The van der Waals surface area contributed by atoms with E-state index in [0.717, 1.165) is 22.5 Å². The van der Waals surface area contributed by atoms with Gasteiger partial charge in [-0.05, 0) is 37.1 Å². The number of carbonyl (C=O) groups excluding carboxylic acids is 1. The van der Waals surface area contributed by atoms with Crippen LogP contribution >= 0.6 is 0 Å². The molecule has 1 aromatic heterocycles. The molecule has 19 heavy (non-hydrogen) atoms. The molecule has 2 heteroatoms. The zero-order valence-corrected chi connectivity index (χ0v) is 11.1. The van der Waals surface area contributed by atoms with Crippen LogP contribution in [0.15, 0.2) is 53.7 Å². The normalized spacial score (nSPS) is 10.8. The second-order valence-electron chi connectivity index (χ2n) is 4.31. The molecule has 0 radical (unpaired) electrons. The van der Waals surface area contributed by atoms with Gasteiger partial charge in [-0.3, -0.25) is 4.79 Å². The van der Waals surface area contributed by atoms with Gasteiger partial charge in [-0.25, -0.2) is 0 Å². The highest BCUT2D eigenvalue weighted by Crippen LogP contribution is 2.26. The lowest BCUT2D eigenvalue weighted by Gasteiger charge is -2.05. The summed E-state index contributed by atoms with van der Waals surface area (Å²) in [6.07, 6.45) is 5.48. The smallest absolute Gasteiger partial charge is 0.159 e. The summed E-state index contributed by atoms with van der Waals surface area (Å²) in [5.74, 6) is 0.859. The van der Waals surface area contributed by atoms with Crippen LogP contribution in [0, 0.1) is 0 Å². The quantitative estimate of drug-likeness (QED) is 0.746. The highest BCUT2D eigenvalue weighted by Gasteiger charge is 2.09. The average Bonchev–Trinajstić information content (AvgIpc) is 2.87. The van der Waals surface area contributed by atoms with Crippen LogP contribution in [0.1, 0.15) is 41.1 Å². The van der Waals surface area contributed by atoms with E-state index in [1.54, 1.807) is 13.2 Å². The number of allylic oxidation sites excluding steroid dienone is 1. The fourth-order valence-electron chi connectivity index (χ4n) is 1.91. The van der Waals surface area contributed by atoms with E-state index < -0.39 is 0 Å². The van der Waals surface area contributed by atoms with Crippen molar-refractivity contribution in [2.24, 2.45) is 0 Å². The summed E-state index contributed by atoms with van der Waals surface area (Å²) in [4.78, 5) is 11.2. The summed E-state index contributed by atoms with van der Waals surface area (Å²) in [6, 6.07) is 9.35. The highest BCUT2D eigenvalue weighted by molar-refractivity contribution is 5.94. The third-order valence-electron chi connectivity index (χ3n) is 2.98. The van der Waals surface area contributed by atoms with Gasteiger partial charge in [-0.1, -0.05) is 36.9 Å². The van der Waals surface area contributed by atoms with Crippen molar-refractivity contribution in [3.8, 4) is 0 Å². The molecule has 0 saturated heterocycles. The van der Waals surface area contributed by atoms with E-state index in [9.17, 15) is 4.79 Å². The molecule has 0 N–H and O–H groups in total. The van der Waals surface area contributed by atoms with Crippen LogP contribution < -0.4 is 0 Å². The Balaban J connectivity index is 2.33. The first-order chi connectivity index (χ1) is 9.13. The van der Waals surface area contributed by atoms with Crippen molar-refractivity contribution in [2.75, 3.05) is 0 Å². The third kappa shape index (κ3) is 2.74. The molecule has 0 spiro atoms. The molecule has 0 aliphatic rings. The Morgan fingerprint density at radius 3 is 2.37 bits per heavy atom. The standard InChI is InChI=1S/C17H16O2/c1-4-5-17-16(10-11-19-17)12(2)14-6-8-15(9-7-14)13(3)18/h4-11H,2H2,1,3H3/b5-4-. The first kappa shape index (κ1) is 13.1. The number of benzene rings is 1. The Morgan fingerprint density at radius 1 is 1.16 bits per heavy atom. The van der Waals surface area contributed by atoms with Crippen LogP contribution in [0.4, 0.5) is 0 Å². The zero-order valence-electron chi connectivity index (χ0n) is 11.1. The maximum Gasteiger partial charge on any atom is 0.159 e. The van der Waals surface area contributed by atoms with Gasteiger partial charge in [0.2, 0.25) is 0 Å². The highest BCUT2D eigenvalue weighted by atomic mass is 16.3. The van der Waals surface area contributed by atoms with Gasteiger partial charge in [0.25, 0.3) is 0 Å². The van der Waals surface area contributed by atoms with Crippen molar-refractivity contribution >= 4 is 17.4 Å². The van der Waals surface area contributed by atoms with E-state index in [-0.39, 0.29) is 5.78 Å². The van der Waals surface area contributed by atoms with Gasteiger partial charge >= 0.3 is 0 Å². The minimum atomic E-state index is 0.0649. The molecule has 0 bridgehead atoms. The number of ketones is 1. The summed E-state index contributed by atoms with van der Waals surface area (Å²) in [7, 11) is 0. The predicted molar refractivity (Wildman–Crippen MR) is 78.0 cm³/mol. The summed E-state index contributed by atoms with van der Waals surface area (Å²) in [6.45, 7) is 7.61. The van der Waals surface area contributed by atoms with Crippen LogP contribution in [0.5, 0.6) is 0 Å². The fourth-order valence-corrected chi connectivity index (χ4v) is 1.91. The molecule has 0 aliphatic heterocycles. The fraction of sp³-hybridized carbons (Fsp3) is 0.118. The lowest BCUT2D eigenvalue weighted by molar-refractivity contribution is 0.101. The molecule has 0 aliphatic carbocycles. The Labute approximate surface area is 113 Å². The molecule has 96 valence electrons. The summed E-state index contributed by atoms with van der Waals surface area (Å²) in [5.41, 5.74) is 3.54. The summed E-state index contributed by atoms with van der Waals surface area (Å²) < 4.78 is 5.41. The van der Waals surface area contributed by atoms with Crippen molar-refractivity contribution in [1.82, 2.24) is 0 Å². The van der Waals surface area contributed by atoms with Gasteiger partial charge in [0.15, 0.2) is 5.78 Å². The maximum absolute atomic E-state index is 11.2. The van der Waals surface area contributed by atoms with Crippen molar-refractivity contribution in [1.29, 1.82) is 0 Å². The molecular formula is C17H16O2. The number of rotatable bonds is 4. The molecule has 2 nitrogen and oxygen atoms in total. The molecule has 1 heterocycles. The van der Waals surface area contributed by atoms with Crippen molar-refractivity contribution in [2.45, 2.75) is 13.8 Å². The van der Waals surface area contributed by atoms with Crippen LogP contribution in [-0.2, 0) is 0 Å². The second-order valence-corrected chi connectivity index (χ2v) is 4.31.